The Bertz CT molecular complexity index is 554. The summed E-state index contributed by atoms with van der Waals surface area (Å²) < 4.78 is 0. The molecule has 2 aromatic heterocycles. The van der Waals surface area contributed by atoms with E-state index in [1.165, 1.54) is 12.4 Å². The maximum atomic E-state index is 10.8. The first-order valence-corrected chi connectivity index (χ1v) is 5.40. The molecule has 0 radical (unpaired) electrons. The summed E-state index contributed by atoms with van der Waals surface area (Å²) in [6.45, 7) is 2.39. The summed E-state index contributed by atoms with van der Waals surface area (Å²) in [6, 6.07) is 5.42. The monoisotopic (exact) mass is 244 g/mol. The molecule has 0 saturated heterocycles. The van der Waals surface area contributed by atoms with Crippen molar-refractivity contribution >= 4 is 11.4 Å². The number of nitrogens with zero attached hydrogens (tertiary/aromatic N) is 3. The van der Waals surface area contributed by atoms with E-state index in [9.17, 15) is 10.1 Å². The Kier molecular flexibility index (Phi) is 3.47. The van der Waals surface area contributed by atoms with E-state index in [2.05, 4.69) is 15.3 Å². The van der Waals surface area contributed by atoms with E-state index < -0.39 is 4.92 Å². The van der Waals surface area contributed by atoms with Crippen molar-refractivity contribution in [2.75, 3.05) is 5.32 Å². The molecule has 0 bridgehead atoms. The van der Waals surface area contributed by atoms with Gasteiger partial charge in [0.1, 0.15) is 11.9 Å². The van der Waals surface area contributed by atoms with Crippen LogP contribution in [0, 0.1) is 17.0 Å². The molecule has 2 heterocycles. The van der Waals surface area contributed by atoms with Crippen LogP contribution < -0.4 is 5.32 Å². The number of aryl methyl sites for hydroxylation is 1. The van der Waals surface area contributed by atoms with Crippen LogP contribution >= 0.6 is 0 Å². The van der Waals surface area contributed by atoms with Crippen LogP contribution in [0.25, 0.3) is 0 Å². The standard InChI is InChI=1S/C12H12N4O2/c1-9-2-3-10(6-14-9)7-15-11-4-5-13-8-12(11)16(17)18/h2-6,8H,7H2,1H3,(H,13,15). The van der Waals surface area contributed by atoms with Gasteiger partial charge in [0.2, 0.25) is 0 Å². The fraction of sp³-hybridized carbons (Fsp3) is 0.167. The topological polar surface area (TPSA) is 81.0 Å². The van der Waals surface area contributed by atoms with Crippen molar-refractivity contribution in [3.63, 3.8) is 0 Å². The molecule has 92 valence electrons. The third-order valence-electron chi connectivity index (χ3n) is 2.45. The molecule has 0 unspecified atom stereocenters. The van der Waals surface area contributed by atoms with Crippen molar-refractivity contribution in [1.29, 1.82) is 0 Å². The minimum atomic E-state index is -0.456. The molecular weight excluding hydrogens is 232 g/mol. The first-order chi connectivity index (χ1) is 8.66. The highest BCUT2D eigenvalue weighted by Crippen LogP contribution is 2.22. The molecular formula is C12H12N4O2. The zero-order valence-electron chi connectivity index (χ0n) is 9.83. The van der Waals surface area contributed by atoms with Crippen LogP contribution in [-0.2, 0) is 6.54 Å². The van der Waals surface area contributed by atoms with E-state index in [1.54, 1.807) is 12.3 Å². The molecule has 0 aromatic carbocycles. The minimum absolute atomic E-state index is 0.0300. The van der Waals surface area contributed by atoms with Gasteiger partial charge in [0.15, 0.2) is 0 Å². The van der Waals surface area contributed by atoms with Crippen molar-refractivity contribution in [1.82, 2.24) is 9.97 Å². The van der Waals surface area contributed by atoms with Gasteiger partial charge in [0.05, 0.1) is 4.92 Å². The first-order valence-electron chi connectivity index (χ1n) is 5.40. The second-order valence-corrected chi connectivity index (χ2v) is 3.81. The van der Waals surface area contributed by atoms with Gasteiger partial charge in [-0.1, -0.05) is 6.07 Å². The zero-order chi connectivity index (χ0) is 13.0. The Balaban J connectivity index is 2.10. The van der Waals surface area contributed by atoms with Gasteiger partial charge in [-0.05, 0) is 24.6 Å². The summed E-state index contributed by atoms with van der Waals surface area (Å²) in [5.41, 5.74) is 2.33. The van der Waals surface area contributed by atoms with Gasteiger partial charge in [-0.15, -0.1) is 0 Å². The summed E-state index contributed by atoms with van der Waals surface area (Å²) in [4.78, 5) is 18.2. The highest BCUT2D eigenvalue weighted by Gasteiger charge is 2.12. The third kappa shape index (κ3) is 2.79. The molecule has 0 spiro atoms. The molecule has 0 aliphatic carbocycles. The zero-order valence-corrected chi connectivity index (χ0v) is 9.83. The molecule has 2 aromatic rings. The summed E-state index contributed by atoms with van der Waals surface area (Å²) >= 11 is 0. The second-order valence-electron chi connectivity index (χ2n) is 3.81. The number of rotatable bonds is 4. The van der Waals surface area contributed by atoms with E-state index >= 15 is 0 Å². The van der Waals surface area contributed by atoms with E-state index in [0.717, 1.165) is 11.3 Å². The highest BCUT2D eigenvalue weighted by molar-refractivity contribution is 5.59. The van der Waals surface area contributed by atoms with Gasteiger partial charge >= 0.3 is 5.69 Å². The van der Waals surface area contributed by atoms with Crippen molar-refractivity contribution in [2.24, 2.45) is 0 Å². The number of anilines is 1. The largest absolute Gasteiger partial charge is 0.375 e. The molecule has 2 rings (SSSR count). The molecule has 0 aliphatic rings. The van der Waals surface area contributed by atoms with Crippen molar-refractivity contribution in [3.05, 3.63) is 58.2 Å². The summed E-state index contributed by atoms with van der Waals surface area (Å²) in [7, 11) is 0. The fourth-order valence-electron chi connectivity index (χ4n) is 1.48. The van der Waals surface area contributed by atoms with Gasteiger partial charge < -0.3 is 5.32 Å². The van der Waals surface area contributed by atoms with E-state index in [4.69, 9.17) is 0 Å². The van der Waals surface area contributed by atoms with Crippen LogP contribution in [0.1, 0.15) is 11.3 Å². The Morgan fingerprint density at radius 2 is 2.17 bits per heavy atom. The minimum Gasteiger partial charge on any atom is -0.375 e. The van der Waals surface area contributed by atoms with Gasteiger partial charge in [0, 0.05) is 24.6 Å². The molecule has 0 amide bonds. The smallest absolute Gasteiger partial charge is 0.310 e. The Labute approximate surface area is 104 Å². The molecule has 0 atom stereocenters. The predicted molar refractivity (Wildman–Crippen MR) is 67.2 cm³/mol. The lowest BCUT2D eigenvalue weighted by atomic mass is 10.2. The summed E-state index contributed by atoms with van der Waals surface area (Å²) in [6.07, 6.45) is 4.49. The maximum Gasteiger partial charge on any atom is 0.310 e. The Morgan fingerprint density at radius 3 is 2.83 bits per heavy atom. The van der Waals surface area contributed by atoms with Gasteiger partial charge in [-0.3, -0.25) is 20.1 Å². The fourth-order valence-corrected chi connectivity index (χ4v) is 1.48. The van der Waals surface area contributed by atoms with Crippen LogP contribution in [0.5, 0.6) is 0 Å². The summed E-state index contributed by atoms with van der Waals surface area (Å²) in [5, 5.41) is 13.8. The Morgan fingerprint density at radius 1 is 1.33 bits per heavy atom. The quantitative estimate of drug-likeness (QED) is 0.659. The van der Waals surface area contributed by atoms with E-state index in [-0.39, 0.29) is 5.69 Å². The number of aromatic nitrogens is 2. The van der Waals surface area contributed by atoms with Crippen molar-refractivity contribution < 1.29 is 4.92 Å². The average Bonchev–Trinajstić information content (AvgIpc) is 2.38. The van der Waals surface area contributed by atoms with Crippen molar-refractivity contribution in [3.8, 4) is 0 Å². The van der Waals surface area contributed by atoms with E-state index in [1.807, 2.05) is 19.1 Å². The number of nitro groups is 1. The second kappa shape index (κ2) is 5.22. The van der Waals surface area contributed by atoms with Crippen LogP contribution in [0.3, 0.4) is 0 Å². The van der Waals surface area contributed by atoms with Gasteiger partial charge in [-0.2, -0.15) is 0 Å². The molecule has 6 nitrogen and oxygen atoms in total. The van der Waals surface area contributed by atoms with Gasteiger partial charge in [-0.25, -0.2) is 0 Å². The van der Waals surface area contributed by atoms with Crippen LogP contribution in [0.2, 0.25) is 0 Å². The van der Waals surface area contributed by atoms with Crippen LogP contribution in [0.4, 0.5) is 11.4 Å². The van der Waals surface area contributed by atoms with Crippen LogP contribution in [0.15, 0.2) is 36.8 Å². The molecule has 6 heteroatoms. The molecule has 0 fully saturated rings. The Hall–Kier alpha value is -2.50. The number of pyridine rings is 2. The number of nitrogens with one attached hydrogen (secondary N) is 1. The average molecular weight is 244 g/mol. The highest BCUT2D eigenvalue weighted by atomic mass is 16.6. The lowest BCUT2D eigenvalue weighted by Gasteiger charge is -2.06. The number of hydrogen-bond acceptors (Lipinski definition) is 5. The van der Waals surface area contributed by atoms with Crippen molar-refractivity contribution in [2.45, 2.75) is 13.5 Å². The normalized spacial score (nSPS) is 10.1. The van der Waals surface area contributed by atoms with Crippen LogP contribution in [-0.4, -0.2) is 14.9 Å². The molecule has 1 N–H and O–H groups in total. The molecule has 0 saturated carbocycles. The number of hydrogen-bond donors (Lipinski definition) is 1. The molecule has 0 aliphatic heterocycles. The molecule has 18 heavy (non-hydrogen) atoms. The third-order valence-corrected chi connectivity index (χ3v) is 2.45. The van der Waals surface area contributed by atoms with E-state index in [0.29, 0.717) is 12.2 Å². The SMILES string of the molecule is Cc1ccc(CNc2ccncc2[N+](=O)[O-])cn1. The van der Waals surface area contributed by atoms with Gasteiger partial charge in [0.25, 0.3) is 0 Å². The lowest BCUT2D eigenvalue weighted by molar-refractivity contribution is -0.384. The first kappa shape index (κ1) is 12.0. The maximum absolute atomic E-state index is 10.8. The lowest BCUT2D eigenvalue weighted by Crippen LogP contribution is -2.03. The summed E-state index contributed by atoms with van der Waals surface area (Å²) in [5.74, 6) is 0. The predicted octanol–water partition coefficient (Wildman–Crippen LogP) is 2.31.